The van der Waals surface area contributed by atoms with Gasteiger partial charge >= 0.3 is 12.1 Å². The van der Waals surface area contributed by atoms with Crippen molar-refractivity contribution < 1.29 is 27.4 Å². The van der Waals surface area contributed by atoms with Gasteiger partial charge in [0.25, 0.3) is 5.56 Å². The zero-order valence-electron chi connectivity index (χ0n) is 28.2. The SMILES string of the molecule is Cc1ccc(Cn2c(-c3ccc(Oc4ccc5[nH]c(C(=O)OCC(C)(C)CN(C)C)cc5c4)cc3)cc(C(F)(F)F)c(C#N)c2=O)c(C)c1. The summed E-state index contributed by atoms with van der Waals surface area (Å²) in [4.78, 5) is 31.3. The molecule has 0 radical (unpaired) electrons. The van der Waals surface area contributed by atoms with E-state index in [0.717, 1.165) is 34.7 Å². The Morgan fingerprint density at radius 3 is 2.29 bits per heavy atom. The summed E-state index contributed by atoms with van der Waals surface area (Å²) < 4.78 is 54.9. The van der Waals surface area contributed by atoms with Crippen LogP contribution in [0.5, 0.6) is 11.5 Å². The molecule has 8 nitrogen and oxygen atoms in total. The molecule has 0 aliphatic rings. The van der Waals surface area contributed by atoms with Gasteiger partial charge in [-0.1, -0.05) is 37.6 Å². The van der Waals surface area contributed by atoms with E-state index < -0.39 is 28.8 Å². The maximum Gasteiger partial charge on any atom is 0.417 e. The predicted octanol–water partition coefficient (Wildman–Crippen LogP) is 8.09. The first-order valence-corrected chi connectivity index (χ1v) is 15.6. The summed E-state index contributed by atoms with van der Waals surface area (Å²) in [7, 11) is 3.93. The highest BCUT2D eigenvalue weighted by molar-refractivity contribution is 5.95. The molecule has 11 heteroatoms. The van der Waals surface area contributed by atoms with Gasteiger partial charge in [0, 0.05) is 22.9 Å². The normalized spacial score (nSPS) is 11.9. The van der Waals surface area contributed by atoms with Gasteiger partial charge in [0.2, 0.25) is 0 Å². The third-order valence-corrected chi connectivity index (χ3v) is 8.08. The molecule has 1 N–H and O–H groups in total. The second-order valence-electron chi connectivity index (χ2n) is 13.3. The van der Waals surface area contributed by atoms with Crippen molar-refractivity contribution in [2.24, 2.45) is 5.41 Å². The van der Waals surface area contributed by atoms with Gasteiger partial charge in [0.15, 0.2) is 0 Å². The summed E-state index contributed by atoms with van der Waals surface area (Å²) in [5.74, 6) is 0.402. The van der Waals surface area contributed by atoms with Crippen LogP contribution in [-0.4, -0.2) is 47.7 Å². The van der Waals surface area contributed by atoms with E-state index in [2.05, 4.69) is 4.98 Å². The van der Waals surface area contributed by atoms with Crippen LogP contribution in [0.15, 0.2) is 77.6 Å². The predicted molar refractivity (Wildman–Crippen MR) is 182 cm³/mol. The second kappa shape index (κ2) is 13.6. The van der Waals surface area contributed by atoms with Gasteiger partial charge in [-0.3, -0.25) is 4.79 Å². The van der Waals surface area contributed by atoms with E-state index in [1.165, 1.54) is 10.6 Å². The minimum atomic E-state index is -4.91. The van der Waals surface area contributed by atoms with Gasteiger partial charge < -0.3 is 23.9 Å². The number of nitrogens with zero attached hydrogens (tertiary/aromatic N) is 3. The summed E-state index contributed by atoms with van der Waals surface area (Å²) in [6.07, 6.45) is -4.91. The lowest BCUT2D eigenvalue weighted by Crippen LogP contribution is -2.33. The number of fused-ring (bicyclic) bond motifs is 1. The number of aromatic amines is 1. The molecule has 2 aromatic heterocycles. The summed E-state index contributed by atoms with van der Waals surface area (Å²) >= 11 is 0. The van der Waals surface area contributed by atoms with Crippen molar-refractivity contribution in [3.05, 3.63) is 117 Å². The highest BCUT2D eigenvalue weighted by Gasteiger charge is 2.36. The van der Waals surface area contributed by atoms with E-state index in [1.807, 2.05) is 64.9 Å². The van der Waals surface area contributed by atoms with Gasteiger partial charge in [-0.2, -0.15) is 18.4 Å². The Morgan fingerprint density at radius 1 is 0.959 bits per heavy atom. The second-order valence-corrected chi connectivity index (χ2v) is 13.3. The molecule has 0 saturated carbocycles. The number of carbonyl (C=O) groups excluding carboxylic acids is 1. The monoisotopic (exact) mass is 670 g/mol. The molecule has 0 unspecified atom stereocenters. The molecule has 5 aromatic rings. The van der Waals surface area contributed by atoms with Gasteiger partial charge in [-0.25, -0.2) is 4.79 Å². The number of esters is 1. The van der Waals surface area contributed by atoms with Crippen LogP contribution in [-0.2, 0) is 17.5 Å². The number of hydrogen-bond acceptors (Lipinski definition) is 6. The van der Waals surface area contributed by atoms with Crippen molar-refractivity contribution in [3.8, 4) is 28.8 Å². The maximum absolute atomic E-state index is 14.0. The van der Waals surface area contributed by atoms with E-state index in [-0.39, 0.29) is 24.3 Å². The number of carbonyl (C=O) groups is 1. The van der Waals surface area contributed by atoms with E-state index in [9.17, 15) is 28.0 Å². The number of H-pyrrole nitrogens is 1. The van der Waals surface area contributed by atoms with Gasteiger partial charge in [0.1, 0.15) is 28.8 Å². The fourth-order valence-corrected chi connectivity index (χ4v) is 5.92. The van der Waals surface area contributed by atoms with Crippen molar-refractivity contribution in [1.82, 2.24) is 14.5 Å². The summed E-state index contributed by atoms with van der Waals surface area (Å²) in [5, 5.41) is 10.3. The topological polar surface area (TPSA) is 100 Å². The molecule has 254 valence electrons. The first-order valence-electron chi connectivity index (χ1n) is 15.6. The maximum atomic E-state index is 14.0. The minimum Gasteiger partial charge on any atom is -0.460 e. The average Bonchev–Trinajstić information content (AvgIpc) is 3.45. The Kier molecular flexibility index (Phi) is 9.74. The van der Waals surface area contributed by atoms with E-state index in [4.69, 9.17) is 9.47 Å². The van der Waals surface area contributed by atoms with Gasteiger partial charge in [-0.05, 0) is 99.2 Å². The van der Waals surface area contributed by atoms with E-state index >= 15 is 0 Å². The summed E-state index contributed by atoms with van der Waals surface area (Å²) in [5.41, 5.74) is 0.502. The quantitative estimate of drug-likeness (QED) is 0.151. The fourth-order valence-electron chi connectivity index (χ4n) is 5.92. The average molecular weight is 671 g/mol. The van der Waals surface area contributed by atoms with Crippen LogP contribution < -0.4 is 10.3 Å². The Bertz CT molecular complexity index is 2120. The molecule has 0 aliphatic carbocycles. The van der Waals surface area contributed by atoms with Crippen LogP contribution in [0.4, 0.5) is 13.2 Å². The van der Waals surface area contributed by atoms with Gasteiger partial charge in [0.05, 0.1) is 24.4 Å². The molecule has 49 heavy (non-hydrogen) atoms. The lowest BCUT2D eigenvalue weighted by atomic mass is 9.94. The zero-order valence-corrected chi connectivity index (χ0v) is 28.2. The summed E-state index contributed by atoms with van der Waals surface area (Å²) in [6, 6.07) is 21.2. The molecule has 5 rings (SSSR count). The van der Waals surface area contributed by atoms with Crippen LogP contribution in [0.25, 0.3) is 22.2 Å². The number of aryl methyl sites for hydroxylation is 2. The minimum absolute atomic E-state index is 0.0149. The molecule has 2 heterocycles. The van der Waals surface area contributed by atoms with Crippen LogP contribution in [0, 0.1) is 30.6 Å². The largest absolute Gasteiger partial charge is 0.460 e. The highest BCUT2D eigenvalue weighted by atomic mass is 19.4. The molecule has 0 bridgehead atoms. The highest BCUT2D eigenvalue weighted by Crippen LogP contribution is 2.35. The first kappa shape index (κ1) is 35.0. The van der Waals surface area contributed by atoms with Crippen LogP contribution in [0.2, 0.25) is 0 Å². The number of nitrogens with one attached hydrogen (secondary N) is 1. The smallest absolute Gasteiger partial charge is 0.417 e. The number of alkyl halides is 3. The van der Waals surface area contributed by atoms with Crippen molar-refractivity contribution in [2.75, 3.05) is 27.2 Å². The number of hydrogen-bond donors (Lipinski definition) is 1. The third kappa shape index (κ3) is 8.04. The van der Waals surface area contributed by atoms with Crippen molar-refractivity contribution in [3.63, 3.8) is 0 Å². The Balaban J connectivity index is 1.41. The standard InChI is InChI=1S/C38H37F3N4O4/c1-23-7-8-26(24(2)15-23)20-45-34(18-31(38(39,40)41)30(19-42)35(45)46)25-9-11-28(12-10-25)49-29-13-14-32-27(16-29)17-33(43-32)36(47)48-22-37(3,4)21-44(5)6/h7-18,43H,20-22H2,1-6H3. The zero-order chi connectivity index (χ0) is 35.7. The fraction of sp³-hybridized carbons (Fsp3) is 0.289. The first-order chi connectivity index (χ1) is 23.0. The van der Waals surface area contributed by atoms with Crippen molar-refractivity contribution in [2.45, 2.75) is 40.4 Å². The third-order valence-electron chi connectivity index (χ3n) is 8.08. The number of aromatic nitrogens is 2. The molecule has 0 aliphatic heterocycles. The number of pyridine rings is 1. The molecular weight excluding hydrogens is 633 g/mol. The molecule has 0 amide bonds. The van der Waals surface area contributed by atoms with E-state index in [0.29, 0.717) is 28.3 Å². The molecule has 0 fully saturated rings. The van der Waals surface area contributed by atoms with Crippen molar-refractivity contribution >= 4 is 16.9 Å². The number of rotatable bonds is 10. The molecular formula is C38H37F3N4O4. The molecule has 0 spiro atoms. The number of halogens is 3. The molecule has 3 aromatic carbocycles. The number of ether oxygens (including phenoxy) is 2. The van der Waals surface area contributed by atoms with Gasteiger partial charge in [-0.15, -0.1) is 0 Å². The summed E-state index contributed by atoms with van der Waals surface area (Å²) in [6.45, 7) is 8.82. The molecule has 0 saturated heterocycles. The Hall–Kier alpha value is -5.34. The number of nitriles is 1. The van der Waals surface area contributed by atoms with Crippen LogP contribution in [0.3, 0.4) is 0 Å². The molecule has 0 atom stereocenters. The Labute approximate surface area is 282 Å². The van der Waals surface area contributed by atoms with Crippen LogP contribution >= 0.6 is 0 Å². The van der Waals surface area contributed by atoms with Crippen molar-refractivity contribution in [1.29, 1.82) is 5.26 Å². The van der Waals surface area contributed by atoms with E-state index in [1.54, 1.807) is 48.5 Å². The van der Waals surface area contributed by atoms with Crippen LogP contribution in [0.1, 0.15) is 52.2 Å². The lowest BCUT2D eigenvalue weighted by molar-refractivity contribution is -0.137. The Morgan fingerprint density at radius 2 is 1.65 bits per heavy atom. The number of benzene rings is 3. The lowest BCUT2D eigenvalue weighted by Gasteiger charge is -2.27.